The Morgan fingerprint density at radius 2 is 1.95 bits per heavy atom. The quantitative estimate of drug-likeness (QED) is 0.386. The molecule has 0 radical (unpaired) electrons. The lowest BCUT2D eigenvalue weighted by Gasteiger charge is -2.38. The molecule has 1 heterocycles. The first-order chi connectivity index (χ1) is 17.9. The number of benzene rings is 2. The Hall–Kier alpha value is -3.01. The summed E-state index contributed by atoms with van der Waals surface area (Å²) < 4.78 is 17.4. The summed E-state index contributed by atoms with van der Waals surface area (Å²) in [5.74, 6) is -1.80. The van der Waals surface area contributed by atoms with Crippen LogP contribution in [0.2, 0.25) is 10.0 Å². The smallest absolute Gasteiger partial charge is 0.340 e. The van der Waals surface area contributed by atoms with Crippen molar-refractivity contribution < 1.29 is 28.6 Å². The number of hydrogen-bond donors (Lipinski definition) is 2. The minimum atomic E-state index is -0.923. The number of amides is 1. The third-order valence-corrected chi connectivity index (χ3v) is 7.54. The van der Waals surface area contributed by atoms with Crippen molar-refractivity contribution in [2.75, 3.05) is 19.0 Å². The number of esters is 1. The van der Waals surface area contributed by atoms with E-state index in [0.717, 1.165) is 0 Å². The van der Waals surface area contributed by atoms with Crippen LogP contribution in [0, 0.1) is 5.41 Å². The van der Waals surface area contributed by atoms with Gasteiger partial charge >= 0.3 is 5.97 Å². The molecule has 0 saturated heterocycles. The number of Topliss-reactive ketones (excluding diaryl/α,β-unsaturated/α-hetero) is 1. The van der Waals surface area contributed by atoms with E-state index in [0.29, 0.717) is 38.5 Å². The van der Waals surface area contributed by atoms with Crippen molar-refractivity contribution in [3.05, 3.63) is 79.3 Å². The zero-order chi connectivity index (χ0) is 27.8. The second kappa shape index (κ2) is 11.0. The highest BCUT2D eigenvalue weighted by atomic mass is 79.9. The molecule has 38 heavy (non-hydrogen) atoms. The molecule has 0 saturated carbocycles. The number of ketones is 1. The zero-order valence-electron chi connectivity index (χ0n) is 20.8. The number of allylic oxidation sites excluding steroid dienone is 2. The van der Waals surface area contributed by atoms with E-state index >= 15 is 0 Å². The summed E-state index contributed by atoms with van der Waals surface area (Å²) in [6.45, 7) is 3.53. The van der Waals surface area contributed by atoms with Gasteiger partial charge in [-0.25, -0.2) is 4.79 Å². The number of methoxy groups -OCH3 is 1. The van der Waals surface area contributed by atoms with E-state index < -0.39 is 17.8 Å². The summed E-state index contributed by atoms with van der Waals surface area (Å²) in [6.07, 6.45) is 0.708. The lowest BCUT2D eigenvalue weighted by Crippen LogP contribution is -2.35. The van der Waals surface area contributed by atoms with Crippen LogP contribution < -0.4 is 15.8 Å². The van der Waals surface area contributed by atoms with E-state index in [1.54, 1.807) is 36.4 Å². The molecular weight excluding hydrogens is 599 g/mol. The van der Waals surface area contributed by atoms with Crippen molar-refractivity contribution in [2.24, 2.45) is 11.1 Å². The van der Waals surface area contributed by atoms with Crippen LogP contribution in [-0.4, -0.2) is 31.4 Å². The fourth-order valence-electron chi connectivity index (χ4n) is 4.61. The fourth-order valence-corrected chi connectivity index (χ4v) is 5.34. The Morgan fingerprint density at radius 1 is 1.21 bits per heavy atom. The van der Waals surface area contributed by atoms with Gasteiger partial charge in [-0.2, -0.15) is 0 Å². The molecule has 0 aromatic heterocycles. The summed E-state index contributed by atoms with van der Waals surface area (Å²) in [5.41, 5.74) is 6.95. The second-order valence-corrected chi connectivity index (χ2v) is 11.4. The van der Waals surface area contributed by atoms with Gasteiger partial charge < -0.3 is 25.3 Å². The molecule has 200 valence electrons. The molecule has 0 bridgehead atoms. The van der Waals surface area contributed by atoms with Crippen molar-refractivity contribution in [3.63, 3.8) is 0 Å². The lowest BCUT2D eigenvalue weighted by molar-refractivity contribution is -0.136. The van der Waals surface area contributed by atoms with Gasteiger partial charge in [-0.05, 0) is 35.7 Å². The van der Waals surface area contributed by atoms with Gasteiger partial charge in [-0.1, -0.05) is 59.0 Å². The number of ether oxygens (including phenoxy) is 3. The van der Waals surface area contributed by atoms with Crippen molar-refractivity contribution in [1.82, 2.24) is 0 Å². The number of hydrogen-bond acceptors (Lipinski definition) is 7. The molecule has 11 heteroatoms. The number of halogens is 3. The van der Waals surface area contributed by atoms with Crippen molar-refractivity contribution >= 4 is 62.5 Å². The van der Waals surface area contributed by atoms with Crippen LogP contribution in [0.1, 0.15) is 38.2 Å². The Kier molecular flexibility index (Phi) is 8.11. The highest BCUT2D eigenvalue weighted by Crippen LogP contribution is 2.50. The van der Waals surface area contributed by atoms with Gasteiger partial charge in [-0.15, -0.1) is 0 Å². The van der Waals surface area contributed by atoms with E-state index in [-0.39, 0.29) is 46.5 Å². The number of nitrogens with two attached hydrogens (primary N) is 1. The minimum Gasteiger partial charge on any atom is -0.483 e. The number of carbonyl (C=O) groups is 3. The first kappa shape index (κ1) is 28.0. The summed E-state index contributed by atoms with van der Waals surface area (Å²) in [6, 6.07) is 9.94. The van der Waals surface area contributed by atoms with Crippen LogP contribution in [0.15, 0.2) is 63.7 Å². The normalized spacial score (nSPS) is 18.5. The van der Waals surface area contributed by atoms with Crippen molar-refractivity contribution in [1.29, 1.82) is 0 Å². The highest BCUT2D eigenvalue weighted by Gasteiger charge is 2.45. The van der Waals surface area contributed by atoms with Gasteiger partial charge in [0, 0.05) is 28.5 Å². The average molecular weight is 624 g/mol. The topological polar surface area (TPSA) is 117 Å². The highest BCUT2D eigenvalue weighted by molar-refractivity contribution is 9.10. The number of nitrogens with one attached hydrogen (secondary N) is 1. The lowest BCUT2D eigenvalue weighted by atomic mass is 9.70. The van der Waals surface area contributed by atoms with Gasteiger partial charge in [0.15, 0.2) is 12.4 Å². The van der Waals surface area contributed by atoms with Crippen molar-refractivity contribution in [2.45, 2.75) is 32.6 Å². The van der Waals surface area contributed by atoms with E-state index in [2.05, 4.69) is 21.2 Å². The van der Waals surface area contributed by atoms with Crippen LogP contribution >= 0.6 is 39.1 Å². The summed E-state index contributed by atoms with van der Waals surface area (Å²) >= 11 is 15.6. The molecule has 2 aromatic carbocycles. The maximum Gasteiger partial charge on any atom is 0.340 e. The molecule has 1 aliphatic carbocycles. The molecule has 1 unspecified atom stereocenters. The Labute approximate surface area is 238 Å². The number of rotatable bonds is 6. The van der Waals surface area contributed by atoms with Crippen LogP contribution in [0.4, 0.5) is 5.69 Å². The van der Waals surface area contributed by atoms with E-state index in [1.165, 1.54) is 7.11 Å². The van der Waals surface area contributed by atoms with E-state index in [1.807, 2.05) is 13.8 Å². The summed E-state index contributed by atoms with van der Waals surface area (Å²) in [5, 5.41) is 3.16. The van der Waals surface area contributed by atoms with E-state index in [9.17, 15) is 14.4 Å². The first-order valence-corrected chi connectivity index (χ1v) is 13.1. The van der Waals surface area contributed by atoms with Gasteiger partial charge in [0.25, 0.3) is 5.91 Å². The SMILES string of the molecule is COC(=O)C1=C(N)OC2=C(C(=O)CC(C)(C)C2)C1c1cc(Br)ccc1OCC(=O)Nc1cccc(Cl)c1Cl. The summed E-state index contributed by atoms with van der Waals surface area (Å²) in [7, 11) is 1.22. The summed E-state index contributed by atoms with van der Waals surface area (Å²) in [4.78, 5) is 39.0. The fraction of sp³-hybridized carbons (Fsp3) is 0.296. The van der Waals surface area contributed by atoms with Crippen LogP contribution in [-0.2, 0) is 23.9 Å². The molecule has 3 N–H and O–H groups in total. The number of carbonyl (C=O) groups excluding carboxylic acids is 3. The third-order valence-electron chi connectivity index (χ3n) is 6.23. The van der Waals surface area contributed by atoms with Gasteiger partial charge in [-0.3, -0.25) is 9.59 Å². The van der Waals surface area contributed by atoms with Crippen molar-refractivity contribution in [3.8, 4) is 5.75 Å². The molecule has 1 atom stereocenters. The maximum atomic E-state index is 13.4. The molecule has 4 rings (SSSR count). The van der Waals surface area contributed by atoms with Gasteiger partial charge in [0.1, 0.15) is 17.1 Å². The molecule has 1 amide bonds. The second-order valence-electron chi connectivity index (χ2n) is 9.70. The van der Waals surface area contributed by atoms with Gasteiger partial charge in [0.05, 0.1) is 28.8 Å². The minimum absolute atomic E-state index is 0.0163. The van der Waals surface area contributed by atoms with Crippen LogP contribution in [0.5, 0.6) is 5.75 Å². The molecule has 8 nitrogen and oxygen atoms in total. The maximum absolute atomic E-state index is 13.4. The average Bonchev–Trinajstić information content (AvgIpc) is 2.84. The third kappa shape index (κ3) is 5.70. The molecular formula is C27H25BrCl2N2O6. The predicted molar refractivity (Wildman–Crippen MR) is 147 cm³/mol. The monoisotopic (exact) mass is 622 g/mol. The molecule has 2 aromatic rings. The Morgan fingerprint density at radius 3 is 2.66 bits per heavy atom. The molecule has 0 spiro atoms. The van der Waals surface area contributed by atoms with Crippen LogP contribution in [0.3, 0.4) is 0 Å². The Bertz CT molecular complexity index is 1400. The molecule has 2 aliphatic rings. The van der Waals surface area contributed by atoms with E-state index in [4.69, 9.17) is 43.1 Å². The van der Waals surface area contributed by atoms with Gasteiger partial charge in [0.2, 0.25) is 5.88 Å². The number of anilines is 1. The predicted octanol–water partition coefficient (Wildman–Crippen LogP) is 5.87. The molecule has 0 fully saturated rings. The largest absolute Gasteiger partial charge is 0.483 e. The standard InChI is InChI=1S/C27H25BrCl2N2O6/c1-27(2)10-17(33)22-19(11-27)38-25(31)23(26(35)36-3)21(22)14-9-13(28)7-8-18(14)37-12-20(34)32-16-6-4-5-15(29)24(16)30/h4-9,21H,10-12,31H2,1-3H3,(H,32,34). The first-order valence-electron chi connectivity index (χ1n) is 11.6. The van der Waals surface area contributed by atoms with Crippen LogP contribution in [0.25, 0.3) is 0 Å². The Balaban J connectivity index is 1.72. The molecule has 1 aliphatic heterocycles. The zero-order valence-corrected chi connectivity index (χ0v) is 23.9.